The summed E-state index contributed by atoms with van der Waals surface area (Å²) in [6.07, 6.45) is -2.04. The zero-order valence-corrected chi connectivity index (χ0v) is 13.7. The number of benzene rings is 2. The van der Waals surface area contributed by atoms with Crippen LogP contribution in [-0.4, -0.2) is 12.2 Å². The summed E-state index contributed by atoms with van der Waals surface area (Å²) in [5.74, 6) is 0. The second-order valence-corrected chi connectivity index (χ2v) is 4.98. The largest absolute Gasteiger partial charge is 0.442 e. The van der Waals surface area contributed by atoms with Crippen LogP contribution in [0.4, 0.5) is 9.59 Å². The van der Waals surface area contributed by atoms with E-state index in [-0.39, 0.29) is 12.2 Å². The Hall–Kier alpha value is -3.02. The Morgan fingerprint density at radius 3 is 1.25 bits per heavy atom. The molecule has 24 heavy (non-hydrogen) atoms. The van der Waals surface area contributed by atoms with Crippen LogP contribution in [0.25, 0.3) is 0 Å². The lowest BCUT2D eigenvalue weighted by molar-refractivity contribution is 0.116. The molecule has 0 aliphatic rings. The molecule has 0 fully saturated rings. The van der Waals surface area contributed by atoms with Crippen LogP contribution in [0.5, 0.6) is 0 Å². The van der Waals surface area contributed by atoms with Crippen molar-refractivity contribution in [1.82, 2.24) is 0 Å². The highest BCUT2D eigenvalue weighted by Crippen LogP contribution is 2.15. The number of hydrogen-bond acceptors (Lipinski definition) is 4. The molecule has 2 aromatic rings. The average Bonchev–Trinajstić information content (AvgIpc) is 2.56. The fraction of sp³-hybridized carbons (Fsp3) is 0.222. The first-order valence-electron chi connectivity index (χ1n) is 7.42. The predicted molar refractivity (Wildman–Crippen MR) is 91.1 cm³/mol. The van der Waals surface area contributed by atoms with Crippen molar-refractivity contribution in [2.75, 3.05) is 0 Å². The highest BCUT2D eigenvalue weighted by molar-refractivity contribution is 5.65. The van der Waals surface area contributed by atoms with E-state index in [0.29, 0.717) is 0 Å². The first-order chi connectivity index (χ1) is 11.4. The molecule has 0 aliphatic heterocycles. The molecule has 6 heteroatoms. The Labute approximate surface area is 141 Å². The summed E-state index contributed by atoms with van der Waals surface area (Å²) in [7, 11) is 0. The minimum absolute atomic E-state index is 0.274. The number of ether oxygens (including phenoxy) is 2. The number of primary amides is 2. The Bertz CT molecular complexity index is 574. The fourth-order valence-electron chi connectivity index (χ4n) is 1.93. The summed E-state index contributed by atoms with van der Waals surface area (Å²) in [5.41, 5.74) is 11.6. The van der Waals surface area contributed by atoms with Crippen molar-refractivity contribution >= 4 is 12.2 Å². The SMILES string of the molecule is CC(OC(N)=O)c1ccccc1.CC(OC(N)=O)c1ccccc1. The summed E-state index contributed by atoms with van der Waals surface area (Å²) in [5, 5.41) is 0. The molecule has 6 nitrogen and oxygen atoms in total. The summed E-state index contributed by atoms with van der Waals surface area (Å²) < 4.78 is 9.55. The lowest BCUT2D eigenvalue weighted by Gasteiger charge is -2.10. The summed E-state index contributed by atoms with van der Waals surface area (Å²) in [6.45, 7) is 3.56. The zero-order chi connectivity index (χ0) is 17.9. The van der Waals surface area contributed by atoms with Gasteiger partial charge < -0.3 is 20.9 Å². The topological polar surface area (TPSA) is 105 Å². The van der Waals surface area contributed by atoms with Crippen molar-refractivity contribution in [3.63, 3.8) is 0 Å². The molecule has 0 radical (unpaired) electrons. The van der Waals surface area contributed by atoms with Gasteiger partial charge in [0.25, 0.3) is 0 Å². The lowest BCUT2D eigenvalue weighted by Crippen LogP contribution is -2.15. The van der Waals surface area contributed by atoms with E-state index >= 15 is 0 Å². The van der Waals surface area contributed by atoms with E-state index in [1.54, 1.807) is 13.8 Å². The molecule has 0 heterocycles. The molecule has 0 spiro atoms. The van der Waals surface area contributed by atoms with Crippen LogP contribution in [0, 0.1) is 0 Å². The van der Waals surface area contributed by atoms with Gasteiger partial charge in [-0.3, -0.25) is 0 Å². The van der Waals surface area contributed by atoms with Gasteiger partial charge in [-0.2, -0.15) is 0 Å². The summed E-state index contributed by atoms with van der Waals surface area (Å²) in [6, 6.07) is 18.9. The van der Waals surface area contributed by atoms with Gasteiger partial charge in [0.2, 0.25) is 0 Å². The zero-order valence-electron chi connectivity index (χ0n) is 13.7. The molecular formula is C18H22N2O4. The molecule has 2 rings (SSSR count). The monoisotopic (exact) mass is 330 g/mol. The van der Waals surface area contributed by atoms with Gasteiger partial charge in [-0.15, -0.1) is 0 Å². The van der Waals surface area contributed by atoms with Crippen molar-refractivity contribution in [2.45, 2.75) is 26.1 Å². The minimum Gasteiger partial charge on any atom is -0.442 e. The lowest BCUT2D eigenvalue weighted by atomic mass is 10.1. The normalized spacial score (nSPS) is 12.1. The van der Waals surface area contributed by atoms with Crippen molar-refractivity contribution in [3.05, 3.63) is 71.8 Å². The average molecular weight is 330 g/mol. The van der Waals surface area contributed by atoms with Gasteiger partial charge >= 0.3 is 12.2 Å². The molecule has 2 atom stereocenters. The Kier molecular flexibility index (Phi) is 7.84. The van der Waals surface area contributed by atoms with Gasteiger partial charge in [0, 0.05) is 0 Å². The third-order valence-corrected chi connectivity index (χ3v) is 3.12. The molecule has 0 aromatic heterocycles. The third-order valence-electron chi connectivity index (χ3n) is 3.12. The van der Waals surface area contributed by atoms with Crippen molar-refractivity contribution in [1.29, 1.82) is 0 Å². The molecule has 2 unspecified atom stereocenters. The number of nitrogens with two attached hydrogens (primary N) is 2. The van der Waals surface area contributed by atoms with Crippen LogP contribution in [0.3, 0.4) is 0 Å². The van der Waals surface area contributed by atoms with E-state index in [4.69, 9.17) is 20.9 Å². The van der Waals surface area contributed by atoms with E-state index in [1.165, 1.54) is 0 Å². The van der Waals surface area contributed by atoms with Crippen molar-refractivity contribution in [2.24, 2.45) is 11.5 Å². The van der Waals surface area contributed by atoms with Crippen molar-refractivity contribution < 1.29 is 19.1 Å². The van der Waals surface area contributed by atoms with E-state index in [0.717, 1.165) is 11.1 Å². The third kappa shape index (κ3) is 7.31. The Morgan fingerprint density at radius 2 is 1.00 bits per heavy atom. The molecule has 2 aromatic carbocycles. The molecule has 2 amide bonds. The molecule has 0 aliphatic carbocycles. The second kappa shape index (κ2) is 9.89. The van der Waals surface area contributed by atoms with E-state index < -0.39 is 12.2 Å². The summed E-state index contributed by atoms with van der Waals surface area (Å²) in [4.78, 5) is 20.8. The fourth-order valence-corrected chi connectivity index (χ4v) is 1.93. The standard InChI is InChI=1S/2C9H11NO2/c2*1-7(12-9(10)11)8-5-3-2-4-6-8/h2*2-7H,1H3,(H2,10,11). The van der Waals surface area contributed by atoms with Crippen LogP contribution in [0.15, 0.2) is 60.7 Å². The molecule has 0 saturated heterocycles. The Morgan fingerprint density at radius 1 is 0.708 bits per heavy atom. The van der Waals surface area contributed by atoms with Gasteiger partial charge in [-0.1, -0.05) is 60.7 Å². The van der Waals surface area contributed by atoms with E-state index in [1.807, 2.05) is 60.7 Å². The number of amides is 2. The van der Waals surface area contributed by atoms with Gasteiger partial charge in [-0.25, -0.2) is 9.59 Å². The molecule has 0 saturated carbocycles. The van der Waals surface area contributed by atoms with Crippen LogP contribution in [-0.2, 0) is 9.47 Å². The quantitative estimate of drug-likeness (QED) is 0.892. The Balaban J connectivity index is 0.000000240. The van der Waals surface area contributed by atoms with Crippen LogP contribution >= 0.6 is 0 Å². The number of rotatable bonds is 4. The molecule has 0 bridgehead atoms. The van der Waals surface area contributed by atoms with E-state index in [9.17, 15) is 9.59 Å². The number of carbonyl (C=O) groups is 2. The molecule has 128 valence electrons. The van der Waals surface area contributed by atoms with Gasteiger partial charge in [0.05, 0.1) is 0 Å². The first-order valence-corrected chi connectivity index (χ1v) is 7.42. The van der Waals surface area contributed by atoms with Crippen LogP contribution < -0.4 is 11.5 Å². The highest BCUT2D eigenvalue weighted by atomic mass is 16.6. The van der Waals surface area contributed by atoms with Gasteiger partial charge in [0.1, 0.15) is 12.2 Å². The first kappa shape index (κ1) is 19.0. The smallest absolute Gasteiger partial charge is 0.405 e. The maximum atomic E-state index is 10.4. The van der Waals surface area contributed by atoms with Gasteiger partial charge in [-0.05, 0) is 25.0 Å². The van der Waals surface area contributed by atoms with Crippen LogP contribution in [0.2, 0.25) is 0 Å². The minimum atomic E-state index is -0.744. The summed E-state index contributed by atoms with van der Waals surface area (Å²) >= 11 is 0. The number of carbonyl (C=O) groups excluding carboxylic acids is 2. The highest BCUT2D eigenvalue weighted by Gasteiger charge is 2.07. The number of hydrogen-bond donors (Lipinski definition) is 2. The molecular weight excluding hydrogens is 308 g/mol. The maximum Gasteiger partial charge on any atom is 0.405 e. The van der Waals surface area contributed by atoms with Crippen molar-refractivity contribution in [3.8, 4) is 0 Å². The maximum absolute atomic E-state index is 10.4. The predicted octanol–water partition coefficient (Wildman–Crippen LogP) is 3.69. The molecule has 4 N–H and O–H groups in total. The van der Waals surface area contributed by atoms with E-state index in [2.05, 4.69) is 0 Å². The second-order valence-electron chi connectivity index (χ2n) is 4.98. The van der Waals surface area contributed by atoms with Gasteiger partial charge in [0.15, 0.2) is 0 Å². The van der Waals surface area contributed by atoms with Crippen LogP contribution in [0.1, 0.15) is 37.2 Å².